The number of benzene rings is 1. The number of carbonyl (C=O) groups is 1. The van der Waals surface area contributed by atoms with Gasteiger partial charge in [-0.1, -0.05) is 0 Å². The molecule has 1 amide bonds. The first-order chi connectivity index (χ1) is 9.74. The summed E-state index contributed by atoms with van der Waals surface area (Å²) in [5.41, 5.74) is 1.33. The molecule has 2 aliphatic rings. The van der Waals surface area contributed by atoms with E-state index in [1.54, 1.807) is 0 Å². The lowest BCUT2D eigenvalue weighted by atomic mass is 10.1. The molecule has 2 heterocycles. The predicted octanol–water partition coefficient (Wildman–Crippen LogP) is 1.48. The summed E-state index contributed by atoms with van der Waals surface area (Å²) >= 11 is 0. The zero-order valence-corrected chi connectivity index (χ0v) is 12.3. The van der Waals surface area contributed by atoms with E-state index in [0.717, 1.165) is 19.4 Å². The van der Waals surface area contributed by atoms with Crippen LogP contribution in [0, 0.1) is 5.82 Å². The Labute approximate surface area is 128 Å². The standard InChI is InChI=1S/C14H17FN2O3.ClH/c15-11-4-9(13-10(5-11)7-19-8-20-13)6-17-14(18)12-2-1-3-16-12;/h4-5,12,16H,1-3,6-8H2,(H,17,18);1H. The average Bonchev–Trinajstić information content (AvgIpc) is 2.98. The fourth-order valence-corrected chi connectivity index (χ4v) is 2.60. The molecule has 5 nitrogen and oxygen atoms in total. The molecule has 1 atom stereocenters. The average molecular weight is 317 g/mol. The van der Waals surface area contributed by atoms with E-state index in [-0.39, 0.29) is 43.5 Å². The summed E-state index contributed by atoms with van der Waals surface area (Å²) in [5, 5.41) is 5.96. The summed E-state index contributed by atoms with van der Waals surface area (Å²) in [7, 11) is 0. The Morgan fingerprint density at radius 1 is 1.48 bits per heavy atom. The first-order valence-electron chi connectivity index (χ1n) is 6.77. The third-order valence-electron chi connectivity index (χ3n) is 3.58. The molecule has 2 aliphatic heterocycles. The summed E-state index contributed by atoms with van der Waals surface area (Å²) in [6.45, 7) is 1.62. The van der Waals surface area contributed by atoms with Crippen molar-refractivity contribution in [1.82, 2.24) is 10.6 Å². The summed E-state index contributed by atoms with van der Waals surface area (Å²) < 4.78 is 24.1. The third-order valence-corrected chi connectivity index (χ3v) is 3.58. The first kappa shape index (κ1) is 16.0. The molecule has 3 rings (SSSR count). The number of rotatable bonds is 3. The second-order valence-electron chi connectivity index (χ2n) is 5.03. The molecule has 21 heavy (non-hydrogen) atoms. The quantitative estimate of drug-likeness (QED) is 0.887. The van der Waals surface area contributed by atoms with Crippen LogP contribution in [0.25, 0.3) is 0 Å². The Morgan fingerprint density at radius 3 is 3.10 bits per heavy atom. The number of hydrogen-bond acceptors (Lipinski definition) is 4. The van der Waals surface area contributed by atoms with Gasteiger partial charge in [0.05, 0.1) is 12.6 Å². The van der Waals surface area contributed by atoms with Crippen molar-refractivity contribution in [2.75, 3.05) is 13.3 Å². The van der Waals surface area contributed by atoms with Crippen molar-refractivity contribution in [3.63, 3.8) is 0 Å². The molecule has 2 N–H and O–H groups in total. The number of hydrogen-bond donors (Lipinski definition) is 2. The van der Waals surface area contributed by atoms with E-state index < -0.39 is 0 Å². The van der Waals surface area contributed by atoms with Gasteiger partial charge < -0.3 is 20.1 Å². The van der Waals surface area contributed by atoms with E-state index in [4.69, 9.17) is 9.47 Å². The molecule has 0 aromatic heterocycles. The number of amides is 1. The fraction of sp³-hybridized carbons (Fsp3) is 0.500. The smallest absolute Gasteiger partial charge is 0.237 e. The van der Waals surface area contributed by atoms with E-state index >= 15 is 0 Å². The minimum absolute atomic E-state index is 0. The van der Waals surface area contributed by atoms with E-state index in [9.17, 15) is 9.18 Å². The van der Waals surface area contributed by atoms with E-state index in [1.165, 1.54) is 12.1 Å². The molecule has 1 aromatic rings. The first-order valence-corrected chi connectivity index (χ1v) is 6.77. The van der Waals surface area contributed by atoms with Crippen LogP contribution in [-0.4, -0.2) is 25.3 Å². The van der Waals surface area contributed by atoms with Crippen LogP contribution in [-0.2, 0) is 22.7 Å². The summed E-state index contributed by atoms with van der Waals surface area (Å²) in [5.74, 6) is 0.228. The Morgan fingerprint density at radius 2 is 2.33 bits per heavy atom. The van der Waals surface area contributed by atoms with Gasteiger partial charge >= 0.3 is 0 Å². The minimum atomic E-state index is -0.346. The lowest BCUT2D eigenvalue weighted by molar-refractivity contribution is -0.122. The van der Waals surface area contributed by atoms with Gasteiger partial charge in [0, 0.05) is 17.7 Å². The SMILES string of the molecule is Cl.O=C(NCc1cc(F)cc2c1OCOC2)C1CCCN1. The molecule has 1 unspecified atom stereocenters. The van der Waals surface area contributed by atoms with E-state index in [2.05, 4.69) is 10.6 Å². The highest BCUT2D eigenvalue weighted by Gasteiger charge is 2.23. The molecule has 0 saturated carbocycles. The Bertz CT molecular complexity index is 521. The Balaban J connectivity index is 0.00000161. The van der Waals surface area contributed by atoms with Crippen molar-refractivity contribution in [1.29, 1.82) is 0 Å². The molecule has 116 valence electrons. The van der Waals surface area contributed by atoms with Crippen molar-refractivity contribution in [2.24, 2.45) is 0 Å². The van der Waals surface area contributed by atoms with Gasteiger partial charge in [0.2, 0.25) is 5.91 Å². The number of halogens is 2. The maximum Gasteiger partial charge on any atom is 0.237 e. The molecule has 1 aromatic carbocycles. The summed E-state index contributed by atoms with van der Waals surface area (Å²) in [4.78, 5) is 11.9. The largest absolute Gasteiger partial charge is 0.467 e. The number of carbonyl (C=O) groups excluding carboxylic acids is 1. The monoisotopic (exact) mass is 316 g/mol. The molecule has 0 radical (unpaired) electrons. The molecule has 1 saturated heterocycles. The highest BCUT2D eigenvalue weighted by Crippen LogP contribution is 2.29. The van der Waals surface area contributed by atoms with Crippen molar-refractivity contribution in [2.45, 2.75) is 32.0 Å². The van der Waals surface area contributed by atoms with Crippen molar-refractivity contribution in [3.8, 4) is 5.75 Å². The second-order valence-corrected chi connectivity index (χ2v) is 5.03. The molecular formula is C14H18ClFN2O3. The third kappa shape index (κ3) is 3.64. The van der Waals surface area contributed by atoms with Gasteiger partial charge in [0.15, 0.2) is 6.79 Å². The molecule has 7 heteroatoms. The summed E-state index contributed by atoms with van der Waals surface area (Å²) in [6, 6.07) is 2.66. The van der Waals surface area contributed by atoms with Gasteiger partial charge in [-0.15, -0.1) is 12.4 Å². The molecular weight excluding hydrogens is 299 g/mol. The van der Waals surface area contributed by atoms with Crippen LogP contribution in [0.4, 0.5) is 4.39 Å². The number of nitrogens with one attached hydrogen (secondary N) is 2. The van der Waals surface area contributed by atoms with Crippen LogP contribution >= 0.6 is 12.4 Å². The van der Waals surface area contributed by atoms with E-state index in [0.29, 0.717) is 23.5 Å². The van der Waals surface area contributed by atoms with Crippen LogP contribution in [0.1, 0.15) is 24.0 Å². The highest BCUT2D eigenvalue weighted by atomic mass is 35.5. The van der Waals surface area contributed by atoms with Crippen molar-refractivity contribution in [3.05, 3.63) is 29.1 Å². The van der Waals surface area contributed by atoms with Crippen molar-refractivity contribution >= 4 is 18.3 Å². The van der Waals surface area contributed by atoms with Gasteiger partial charge in [0.1, 0.15) is 11.6 Å². The van der Waals surface area contributed by atoms with Gasteiger partial charge in [-0.25, -0.2) is 4.39 Å². The normalized spacial score (nSPS) is 20.1. The number of fused-ring (bicyclic) bond motifs is 1. The van der Waals surface area contributed by atoms with Crippen molar-refractivity contribution < 1.29 is 18.7 Å². The van der Waals surface area contributed by atoms with Gasteiger partial charge in [0.25, 0.3) is 0 Å². The minimum Gasteiger partial charge on any atom is -0.467 e. The molecule has 1 fully saturated rings. The number of ether oxygens (including phenoxy) is 2. The lowest BCUT2D eigenvalue weighted by Gasteiger charge is -2.21. The van der Waals surface area contributed by atoms with Crippen LogP contribution in [0.15, 0.2) is 12.1 Å². The fourth-order valence-electron chi connectivity index (χ4n) is 2.60. The molecule has 0 bridgehead atoms. The van der Waals surface area contributed by atoms with Gasteiger partial charge in [-0.3, -0.25) is 4.79 Å². The van der Waals surface area contributed by atoms with Crippen LogP contribution < -0.4 is 15.4 Å². The van der Waals surface area contributed by atoms with Gasteiger partial charge in [-0.2, -0.15) is 0 Å². The second kappa shape index (κ2) is 7.06. The zero-order chi connectivity index (χ0) is 13.9. The lowest BCUT2D eigenvalue weighted by Crippen LogP contribution is -2.40. The zero-order valence-electron chi connectivity index (χ0n) is 11.5. The molecule has 0 aliphatic carbocycles. The van der Waals surface area contributed by atoms with Crippen LogP contribution in [0.3, 0.4) is 0 Å². The Hall–Kier alpha value is -1.37. The predicted molar refractivity (Wildman–Crippen MR) is 76.8 cm³/mol. The Kier molecular flexibility index (Phi) is 5.39. The van der Waals surface area contributed by atoms with Crippen LogP contribution in [0.5, 0.6) is 5.75 Å². The highest BCUT2D eigenvalue weighted by molar-refractivity contribution is 5.85. The van der Waals surface area contributed by atoms with Crippen LogP contribution in [0.2, 0.25) is 0 Å². The summed E-state index contributed by atoms with van der Waals surface area (Å²) in [6.07, 6.45) is 1.85. The maximum absolute atomic E-state index is 13.5. The molecule has 0 spiro atoms. The van der Waals surface area contributed by atoms with E-state index in [1.807, 2.05) is 0 Å². The topological polar surface area (TPSA) is 59.6 Å². The van der Waals surface area contributed by atoms with Gasteiger partial charge in [-0.05, 0) is 31.5 Å². The maximum atomic E-state index is 13.5.